The van der Waals surface area contributed by atoms with E-state index in [-0.39, 0.29) is 0 Å². The Morgan fingerprint density at radius 2 is 1.58 bits per heavy atom. The first-order chi connectivity index (χ1) is 8.59. The van der Waals surface area contributed by atoms with Crippen LogP contribution in [0.3, 0.4) is 0 Å². The molecule has 0 spiro atoms. The maximum absolute atomic E-state index is 13.3. The van der Waals surface area contributed by atoms with E-state index in [1.807, 2.05) is 0 Å². The van der Waals surface area contributed by atoms with Gasteiger partial charge in [-0.2, -0.15) is 4.72 Å². The molecule has 5 nitrogen and oxygen atoms in total. The van der Waals surface area contributed by atoms with Crippen LogP contribution in [0.25, 0.3) is 0 Å². The lowest BCUT2D eigenvalue weighted by Gasteiger charge is -2.10. The van der Waals surface area contributed by atoms with Crippen LogP contribution in [-0.4, -0.2) is 26.0 Å². The van der Waals surface area contributed by atoms with Gasteiger partial charge >= 0.3 is 5.97 Å². The lowest BCUT2D eigenvalue weighted by Crippen LogP contribution is -2.31. The van der Waals surface area contributed by atoms with Crippen LogP contribution in [0.4, 0.5) is 17.6 Å². The Bertz CT molecular complexity index is 620. The molecule has 106 valence electrons. The fourth-order valence-corrected chi connectivity index (χ4v) is 3.15. The predicted octanol–water partition coefficient (Wildman–Crippen LogP) is 1.37. The number of carbonyl (C=O) groups is 1. The van der Waals surface area contributed by atoms with Crippen LogP contribution < -0.4 is 4.72 Å². The van der Waals surface area contributed by atoms with Gasteiger partial charge in [-0.1, -0.05) is 0 Å². The van der Waals surface area contributed by atoms with E-state index in [4.69, 9.17) is 5.11 Å². The van der Waals surface area contributed by atoms with E-state index in [2.05, 4.69) is 15.9 Å². The van der Waals surface area contributed by atoms with E-state index in [1.54, 1.807) is 0 Å². The highest BCUT2D eigenvalue weighted by molar-refractivity contribution is 9.10. The zero-order valence-corrected chi connectivity index (χ0v) is 11.1. The van der Waals surface area contributed by atoms with Crippen molar-refractivity contribution in [2.75, 3.05) is 6.54 Å². The first-order valence-electron chi connectivity index (χ1n) is 4.32. The van der Waals surface area contributed by atoms with Crippen molar-refractivity contribution in [3.05, 3.63) is 27.7 Å². The molecular formula is C8H4BrF4NO4S. The number of carboxylic acids is 1. The molecule has 0 fully saturated rings. The van der Waals surface area contributed by atoms with E-state index in [0.29, 0.717) is 0 Å². The van der Waals surface area contributed by atoms with Crippen LogP contribution in [0.1, 0.15) is 0 Å². The van der Waals surface area contributed by atoms with Gasteiger partial charge in [0.15, 0.2) is 23.3 Å². The molecule has 1 aromatic rings. The monoisotopic (exact) mass is 365 g/mol. The largest absolute Gasteiger partial charge is 0.480 e. The van der Waals surface area contributed by atoms with E-state index in [0.717, 1.165) is 0 Å². The average molecular weight is 366 g/mol. The average Bonchev–Trinajstić information content (AvgIpc) is 2.31. The summed E-state index contributed by atoms with van der Waals surface area (Å²) in [6.45, 7) is -1.14. The number of rotatable bonds is 4. The van der Waals surface area contributed by atoms with Gasteiger partial charge in [0, 0.05) is 0 Å². The van der Waals surface area contributed by atoms with E-state index >= 15 is 0 Å². The lowest BCUT2D eigenvalue weighted by atomic mass is 10.3. The molecule has 0 aliphatic carbocycles. The predicted molar refractivity (Wildman–Crippen MR) is 56.8 cm³/mol. The standard InChI is InChI=1S/C8H4BrF4NO4S/c9-3-4(10)5(11)6(12)7(13)8(3)19(17,18)14-1-2(15)16/h14H,1H2,(H,15,16). The van der Waals surface area contributed by atoms with Gasteiger partial charge in [0.05, 0.1) is 4.47 Å². The van der Waals surface area contributed by atoms with Gasteiger partial charge in [-0.3, -0.25) is 4.79 Å². The second kappa shape index (κ2) is 5.43. The second-order valence-corrected chi connectivity index (χ2v) is 5.61. The smallest absolute Gasteiger partial charge is 0.318 e. The third-order valence-electron chi connectivity index (χ3n) is 1.85. The minimum Gasteiger partial charge on any atom is -0.480 e. The molecule has 0 aliphatic rings. The van der Waals surface area contributed by atoms with Crippen LogP contribution in [0.2, 0.25) is 0 Å². The Hall–Kier alpha value is -1.20. The van der Waals surface area contributed by atoms with Gasteiger partial charge < -0.3 is 5.11 Å². The van der Waals surface area contributed by atoms with Crippen LogP contribution in [-0.2, 0) is 14.8 Å². The van der Waals surface area contributed by atoms with Gasteiger partial charge in [-0.25, -0.2) is 26.0 Å². The number of nitrogens with one attached hydrogen (secondary N) is 1. The summed E-state index contributed by atoms with van der Waals surface area (Å²) in [5, 5.41) is 8.28. The SMILES string of the molecule is O=C(O)CNS(=O)(=O)c1c(F)c(F)c(F)c(F)c1Br. The number of hydrogen-bond donors (Lipinski definition) is 2. The van der Waals surface area contributed by atoms with E-state index in [1.165, 1.54) is 4.72 Å². The first-order valence-corrected chi connectivity index (χ1v) is 6.60. The molecule has 0 saturated heterocycles. The van der Waals surface area contributed by atoms with Gasteiger partial charge in [0.25, 0.3) is 0 Å². The zero-order chi connectivity index (χ0) is 15.0. The molecule has 19 heavy (non-hydrogen) atoms. The first kappa shape index (κ1) is 15.9. The molecule has 0 aromatic heterocycles. The Balaban J connectivity index is 3.47. The third-order valence-corrected chi connectivity index (χ3v) is 4.30. The summed E-state index contributed by atoms with van der Waals surface area (Å²) in [5.41, 5.74) is 0. The van der Waals surface area contributed by atoms with Crippen molar-refractivity contribution in [3.63, 3.8) is 0 Å². The molecule has 0 unspecified atom stereocenters. The molecule has 0 bridgehead atoms. The Morgan fingerprint density at radius 1 is 1.11 bits per heavy atom. The summed E-state index contributed by atoms with van der Waals surface area (Å²) in [7, 11) is -4.88. The van der Waals surface area contributed by atoms with Crippen molar-refractivity contribution in [2.45, 2.75) is 4.90 Å². The van der Waals surface area contributed by atoms with Crippen molar-refractivity contribution < 1.29 is 35.9 Å². The van der Waals surface area contributed by atoms with Crippen molar-refractivity contribution in [1.29, 1.82) is 0 Å². The number of halogens is 5. The molecule has 1 rings (SSSR count). The molecule has 0 radical (unpaired) electrons. The summed E-state index contributed by atoms with van der Waals surface area (Å²) < 4.78 is 75.4. The van der Waals surface area contributed by atoms with E-state index in [9.17, 15) is 30.8 Å². The zero-order valence-electron chi connectivity index (χ0n) is 8.68. The fourth-order valence-electron chi connectivity index (χ4n) is 1.05. The minimum atomic E-state index is -4.88. The summed E-state index contributed by atoms with van der Waals surface area (Å²) in [6, 6.07) is 0. The second-order valence-electron chi connectivity index (χ2n) is 3.12. The highest BCUT2D eigenvalue weighted by atomic mass is 79.9. The van der Waals surface area contributed by atoms with Crippen molar-refractivity contribution >= 4 is 31.9 Å². The molecule has 0 heterocycles. The molecule has 11 heteroatoms. The van der Waals surface area contributed by atoms with Gasteiger partial charge in [0.1, 0.15) is 11.4 Å². The molecular weight excluding hydrogens is 362 g/mol. The number of carboxylic acid groups (broad SMARTS) is 1. The van der Waals surface area contributed by atoms with Crippen LogP contribution in [0, 0.1) is 23.3 Å². The number of sulfonamides is 1. The fraction of sp³-hybridized carbons (Fsp3) is 0.125. The Morgan fingerprint density at radius 3 is 2.05 bits per heavy atom. The topological polar surface area (TPSA) is 83.5 Å². The summed E-state index contributed by atoms with van der Waals surface area (Å²) in [5.74, 6) is -10.2. The van der Waals surface area contributed by atoms with Gasteiger partial charge in [0.2, 0.25) is 10.0 Å². The maximum atomic E-state index is 13.3. The summed E-state index contributed by atoms with van der Waals surface area (Å²) in [6.07, 6.45) is 0. The Labute approximate surface area is 112 Å². The highest BCUT2D eigenvalue weighted by Gasteiger charge is 2.32. The maximum Gasteiger partial charge on any atom is 0.318 e. The van der Waals surface area contributed by atoms with Crippen molar-refractivity contribution in [3.8, 4) is 0 Å². The van der Waals surface area contributed by atoms with Crippen LogP contribution >= 0.6 is 15.9 Å². The van der Waals surface area contributed by atoms with E-state index < -0.39 is 55.2 Å². The molecule has 0 aliphatic heterocycles. The van der Waals surface area contributed by atoms with Crippen LogP contribution in [0.5, 0.6) is 0 Å². The molecule has 0 atom stereocenters. The van der Waals surface area contributed by atoms with Gasteiger partial charge in [-0.15, -0.1) is 0 Å². The number of aliphatic carboxylic acids is 1. The molecule has 1 aromatic carbocycles. The Kier molecular flexibility index (Phi) is 4.53. The number of hydrogen-bond acceptors (Lipinski definition) is 3. The minimum absolute atomic E-state index is 1.14. The quantitative estimate of drug-likeness (QED) is 0.479. The van der Waals surface area contributed by atoms with Crippen LogP contribution in [0.15, 0.2) is 9.37 Å². The number of benzene rings is 1. The lowest BCUT2D eigenvalue weighted by molar-refractivity contribution is -0.135. The highest BCUT2D eigenvalue weighted by Crippen LogP contribution is 2.31. The summed E-state index contributed by atoms with van der Waals surface area (Å²) >= 11 is 2.27. The van der Waals surface area contributed by atoms with Crippen molar-refractivity contribution in [2.24, 2.45) is 0 Å². The third kappa shape index (κ3) is 3.04. The molecule has 0 saturated carbocycles. The molecule has 0 amide bonds. The normalized spacial score (nSPS) is 11.6. The summed E-state index contributed by atoms with van der Waals surface area (Å²) in [4.78, 5) is 8.64. The van der Waals surface area contributed by atoms with Crippen molar-refractivity contribution in [1.82, 2.24) is 4.72 Å². The van der Waals surface area contributed by atoms with Gasteiger partial charge in [-0.05, 0) is 15.9 Å². The molecule has 2 N–H and O–H groups in total.